The summed E-state index contributed by atoms with van der Waals surface area (Å²) in [6.45, 7) is 0.889. The Bertz CT molecular complexity index is 1130. The van der Waals surface area contributed by atoms with Crippen molar-refractivity contribution in [3.63, 3.8) is 0 Å². The van der Waals surface area contributed by atoms with Gasteiger partial charge in [0.2, 0.25) is 5.75 Å². The second kappa shape index (κ2) is 10.3. The third kappa shape index (κ3) is 5.30. The number of fused-ring (bicyclic) bond motifs is 2. The van der Waals surface area contributed by atoms with Gasteiger partial charge in [0, 0.05) is 12.8 Å². The van der Waals surface area contributed by atoms with Crippen LogP contribution in [0, 0.1) is 11.7 Å². The Morgan fingerprint density at radius 2 is 1.92 bits per heavy atom. The topological polar surface area (TPSA) is 95.0 Å². The summed E-state index contributed by atoms with van der Waals surface area (Å²) >= 11 is 0. The van der Waals surface area contributed by atoms with Crippen molar-refractivity contribution in [3.05, 3.63) is 35.9 Å². The zero-order chi connectivity index (χ0) is 25.4. The molecule has 2 saturated heterocycles. The molecule has 198 valence electrons. The zero-order valence-electron chi connectivity index (χ0n) is 21.0. The Balaban J connectivity index is 1.14. The highest BCUT2D eigenvalue weighted by atomic mass is 19.1. The number of methoxy groups -OCH3 is 1. The van der Waals surface area contributed by atoms with E-state index >= 15 is 0 Å². The molecule has 6 rings (SSSR count). The number of halogens is 1. The van der Waals surface area contributed by atoms with E-state index in [1.54, 1.807) is 12.1 Å². The van der Waals surface area contributed by atoms with Gasteiger partial charge in [0.25, 0.3) is 5.88 Å². The summed E-state index contributed by atoms with van der Waals surface area (Å²) in [5, 5.41) is 3.04. The first-order chi connectivity index (χ1) is 18.1. The van der Waals surface area contributed by atoms with Crippen molar-refractivity contribution in [2.75, 3.05) is 25.6 Å². The predicted molar refractivity (Wildman–Crippen MR) is 133 cm³/mol. The Morgan fingerprint density at radius 1 is 1.14 bits per heavy atom. The Morgan fingerprint density at radius 3 is 2.57 bits per heavy atom. The normalized spacial score (nSPS) is 25.2. The molecule has 2 aromatic rings. The van der Waals surface area contributed by atoms with Gasteiger partial charge in [-0.2, -0.15) is 4.98 Å². The highest BCUT2D eigenvalue weighted by molar-refractivity contribution is 5.69. The van der Waals surface area contributed by atoms with Crippen LogP contribution in [0.25, 0.3) is 0 Å². The molecule has 2 unspecified atom stereocenters. The van der Waals surface area contributed by atoms with Crippen LogP contribution in [0.4, 0.5) is 20.7 Å². The molecule has 1 aromatic heterocycles. The lowest BCUT2D eigenvalue weighted by Gasteiger charge is -2.47. The van der Waals surface area contributed by atoms with Gasteiger partial charge in [-0.3, -0.25) is 4.90 Å². The maximum Gasteiger partial charge on any atom is 0.410 e. The lowest BCUT2D eigenvalue weighted by molar-refractivity contribution is -0.0985. The number of amides is 1. The van der Waals surface area contributed by atoms with Gasteiger partial charge in [-0.1, -0.05) is 6.07 Å². The summed E-state index contributed by atoms with van der Waals surface area (Å²) in [6, 6.07) is 5.00. The number of hydrogen-bond acceptors (Lipinski definition) is 8. The number of morpholine rings is 1. The third-order valence-corrected chi connectivity index (χ3v) is 7.77. The van der Waals surface area contributed by atoms with E-state index in [0.717, 1.165) is 31.2 Å². The summed E-state index contributed by atoms with van der Waals surface area (Å²) in [7, 11) is 1.51. The highest BCUT2D eigenvalue weighted by Crippen LogP contribution is 2.38. The summed E-state index contributed by atoms with van der Waals surface area (Å²) in [6.07, 6.45) is 8.49. The van der Waals surface area contributed by atoms with Crippen molar-refractivity contribution >= 4 is 17.6 Å². The van der Waals surface area contributed by atoms with Crippen molar-refractivity contribution in [1.29, 1.82) is 0 Å². The Labute approximate surface area is 215 Å². The van der Waals surface area contributed by atoms with Crippen molar-refractivity contribution in [2.24, 2.45) is 5.92 Å². The quantitative estimate of drug-likeness (QED) is 0.548. The third-order valence-electron chi connectivity index (χ3n) is 7.77. The van der Waals surface area contributed by atoms with Crippen molar-refractivity contribution < 1.29 is 28.1 Å². The molecule has 1 N–H and O–H groups in total. The Hall–Kier alpha value is -3.14. The monoisotopic (exact) mass is 512 g/mol. The standard InChI is InChI=1S/C27H33FN4O5/c1-34-24-25(31-23-8-7-17(10-22(23)28)9-16-5-6-16)29-15-30-26(24)36-21-11-18-13-35-14-19(12-21)32(18)27(33)37-20-3-2-4-20/h7-8,10,15-16,18-21H,2-6,9,11-14H2,1H3,(H,29,30,31). The molecule has 4 fully saturated rings. The Kier molecular flexibility index (Phi) is 6.75. The van der Waals surface area contributed by atoms with E-state index < -0.39 is 0 Å². The second-order valence-electron chi connectivity index (χ2n) is 10.5. The van der Waals surface area contributed by atoms with Gasteiger partial charge in [0.05, 0.1) is 38.1 Å². The maximum atomic E-state index is 14.8. The molecule has 4 aliphatic rings. The van der Waals surface area contributed by atoms with Crippen molar-refractivity contribution in [3.8, 4) is 11.6 Å². The fourth-order valence-electron chi connectivity index (χ4n) is 5.39. The number of piperidine rings is 1. The summed E-state index contributed by atoms with van der Waals surface area (Å²) in [5.74, 6) is 1.25. The number of nitrogens with one attached hydrogen (secondary N) is 1. The molecule has 1 aromatic carbocycles. The first-order valence-corrected chi connectivity index (χ1v) is 13.2. The van der Waals surface area contributed by atoms with Crippen LogP contribution in [0.5, 0.6) is 11.6 Å². The number of rotatable bonds is 8. The summed E-state index contributed by atoms with van der Waals surface area (Å²) in [4.78, 5) is 23.2. The number of carbonyl (C=O) groups is 1. The van der Waals surface area contributed by atoms with Crippen LogP contribution in [-0.4, -0.2) is 65.6 Å². The summed E-state index contributed by atoms with van der Waals surface area (Å²) < 4.78 is 38.1. The van der Waals surface area contributed by atoms with Crippen LogP contribution < -0.4 is 14.8 Å². The number of carbonyl (C=O) groups excluding carboxylic acids is 1. The van der Waals surface area contributed by atoms with E-state index in [1.807, 2.05) is 11.0 Å². The average Bonchev–Trinajstić information content (AvgIpc) is 3.67. The molecule has 37 heavy (non-hydrogen) atoms. The fourth-order valence-corrected chi connectivity index (χ4v) is 5.39. The largest absolute Gasteiger partial charge is 0.489 e. The number of nitrogens with zero attached hydrogens (tertiary/aromatic N) is 3. The maximum absolute atomic E-state index is 14.8. The van der Waals surface area contributed by atoms with Crippen LogP contribution in [0.1, 0.15) is 50.5 Å². The lowest BCUT2D eigenvalue weighted by Crippen LogP contribution is -2.61. The van der Waals surface area contributed by atoms with Gasteiger partial charge in [-0.05, 0) is 62.1 Å². The number of benzene rings is 1. The molecule has 2 aliphatic heterocycles. The van der Waals surface area contributed by atoms with Crippen molar-refractivity contribution in [2.45, 2.75) is 75.7 Å². The van der Waals surface area contributed by atoms with E-state index in [1.165, 1.54) is 26.3 Å². The molecular weight excluding hydrogens is 479 g/mol. The van der Waals surface area contributed by atoms with Crippen LogP contribution in [0.3, 0.4) is 0 Å². The van der Waals surface area contributed by atoms with Crippen LogP contribution in [-0.2, 0) is 15.9 Å². The van der Waals surface area contributed by atoms with E-state index in [-0.39, 0.29) is 42.1 Å². The molecule has 2 bridgehead atoms. The smallest absolute Gasteiger partial charge is 0.410 e. The molecule has 2 saturated carbocycles. The molecule has 2 aliphatic carbocycles. The number of ether oxygens (including phenoxy) is 4. The van der Waals surface area contributed by atoms with E-state index in [4.69, 9.17) is 18.9 Å². The van der Waals surface area contributed by atoms with Gasteiger partial charge in [0.1, 0.15) is 24.4 Å². The fraction of sp³-hybridized carbons (Fsp3) is 0.593. The molecule has 0 radical (unpaired) electrons. The summed E-state index contributed by atoms with van der Waals surface area (Å²) in [5.41, 5.74) is 1.31. The number of anilines is 2. The SMILES string of the molecule is COc1c(Nc2ccc(CC3CC3)cc2F)ncnc1OC1CC2COCC(C1)N2C(=O)OC1CCC1. The minimum atomic E-state index is -0.338. The molecule has 10 heteroatoms. The number of aromatic nitrogens is 2. The van der Waals surface area contributed by atoms with E-state index in [2.05, 4.69) is 15.3 Å². The minimum Gasteiger partial charge on any atom is -0.489 e. The molecule has 9 nitrogen and oxygen atoms in total. The first kappa shape index (κ1) is 24.2. The van der Waals surface area contributed by atoms with Gasteiger partial charge in [-0.15, -0.1) is 0 Å². The van der Waals surface area contributed by atoms with Gasteiger partial charge in [0.15, 0.2) is 5.82 Å². The zero-order valence-corrected chi connectivity index (χ0v) is 21.0. The minimum absolute atomic E-state index is 0.0403. The van der Waals surface area contributed by atoms with Crippen LogP contribution in [0.2, 0.25) is 0 Å². The number of hydrogen-bond donors (Lipinski definition) is 1. The molecule has 1 amide bonds. The van der Waals surface area contributed by atoms with Crippen molar-refractivity contribution in [1.82, 2.24) is 14.9 Å². The predicted octanol–water partition coefficient (Wildman–Crippen LogP) is 4.62. The molecule has 3 heterocycles. The van der Waals surface area contributed by atoms with E-state index in [9.17, 15) is 9.18 Å². The van der Waals surface area contributed by atoms with E-state index in [0.29, 0.717) is 49.2 Å². The van der Waals surface area contributed by atoms with Crippen LogP contribution >= 0.6 is 0 Å². The lowest BCUT2D eigenvalue weighted by atomic mass is 9.92. The van der Waals surface area contributed by atoms with Crippen LogP contribution in [0.15, 0.2) is 24.5 Å². The average molecular weight is 513 g/mol. The van der Waals surface area contributed by atoms with Gasteiger partial charge < -0.3 is 24.3 Å². The first-order valence-electron chi connectivity index (χ1n) is 13.2. The molecule has 2 atom stereocenters. The molecule has 0 spiro atoms. The van der Waals surface area contributed by atoms with Gasteiger partial charge >= 0.3 is 6.09 Å². The molecular formula is C27H33FN4O5. The second-order valence-corrected chi connectivity index (χ2v) is 10.5. The highest BCUT2D eigenvalue weighted by Gasteiger charge is 2.44. The van der Waals surface area contributed by atoms with Gasteiger partial charge in [-0.25, -0.2) is 14.2 Å².